The van der Waals surface area contributed by atoms with Gasteiger partial charge in [-0.15, -0.1) is 0 Å². The monoisotopic (exact) mass is 574 g/mol. The number of carbonyl (C=O) groups excluding carboxylic acids is 1. The first-order chi connectivity index (χ1) is 16.2. The van der Waals surface area contributed by atoms with Gasteiger partial charge in [-0.3, -0.25) is 4.79 Å². The Morgan fingerprint density at radius 2 is 1.85 bits per heavy atom. The van der Waals surface area contributed by atoms with E-state index in [-0.39, 0.29) is 11.9 Å². The molecule has 0 radical (unpaired) electrons. The number of amides is 1. The van der Waals surface area contributed by atoms with Crippen LogP contribution in [0, 0.1) is 0 Å². The molecular weight excluding hydrogens is 539 g/mol. The van der Waals surface area contributed by atoms with Gasteiger partial charge in [0.05, 0.1) is 5.71 Å². The first-order valence-electron chi connectivity index (χ1n) is 11.5. The van der Waals surface area contributed by atoms with Crippen LogP contribution in [0.15, 0.2) is 71.3 Å². The molecular formula is C26H35IN6O. The Kier molecular flexibility index (Phi) is 8.82. The number of rotatable bonds is 7. The van der Waals surface area contributed by atoms with Crippen LogP contribution in [0.25, 0.3) is 0 Å². The molecule has 1 saturated carbocycles. The van der Waals surface area contributed by atoms with Gasteiger partial charge in [0, 0.05) is 54.5 Å². The summed E-state index contributed by atoms with van der Waals surface area (Å²) in [4.78, 5) is 21.7. The van der Waals surface area contributed by atoms with Crippen molar-refractivity contribution >= 4 is 39.9 Å². The van der Waals surface area contributed by atoms with Crippen LogP contribution < -0.4 is 16.8 Å². The van der Waals surface area contributed by atoms with Gasteiger partial charge >= 0.3 is 0 Å². The molecule has 8 heteroatoms. The summed E-state index contributed by atoms with van der Waals surface area (Å²) in [5.74, 6) is 1.33. The minimum absolute atomic E-state index is 0.0403. The first-order valence-corrected chi connectivity index (χ1v) is 13.0. The summed E-state index contributed by atoms with van der Waals surface area (Å²) in [6.07, 6.45) is 11.6. The number of carbonyl (C=O) groups is 1. The SMILES string of the molecule is C=C(/N=C1/C=CC=C/C1=C(/N)N(C)C)N(C)[C@H]1CC[C@@H](NC(=O)c2cccc(N)c2CI)CC1. The molecule has 0 aliphatic heterocycles. The average Bonchev–Trinajstić information content (AvgIpc) is 2.83. The van der Waals surface area contributed by atoms with E-state index in [1.165, 1.54) is 0 Å². The van der Waals surface area contributed by atoms with E-state index >= 15 is 0 Å². The third kappa shape index (κ3) is 6.02. The third-order valence-corrected chi connectivity index (χ3v) is 7.25. The summed E-state index contributed by atoms with van der Waals surface area (Å²) >= 11 is 2.25. The molecule has 3 rings (SSSR count). The molecule has 2 aliphatic carbocycles. The van der Waals surface area contributed by atoms with E-state index in [0.717, 1.165) is 42.5 Å². The smallest absolute Gasteiger partial charge is 0.251 e. The van der Waals surface area contributed by atoms with Crippen LogP contribution in [0.4, 0.5) is 5.69 Å². The highest BCUT2D eigenvalue weighted by molar-refractivity contribution is 14.1. The number of nitrogens with one attached hydrogen (secondary N) is 1. The Bertz CT molecular complexity index is 1050. The summed E-state index contributed by atoms with van der Waals surface area (Å²) in [5, 5.41) is 3.21. The number of nitrogen functional groups attached to an aromatic ring is 1. The maximum absolute atomic E-state index is 12.9. The zero-order valence-electron chi connectivity index (χ0n) is 20.2. The molecule has 7 nitrogen and oxygen atoms in total. The molecule has 1 fully saturated rings. The van der Waals surface area contributed by atoms with Gasteiger partial charge in [0.25, 0.3) is 5.91 Å². The molecule has 1 aromatic carbocycles. The van der Waals surface area contributed by atoms with Gasteiger partial charge in [-0.2, -0.15) is 0 Å². The van der Waals surface area contributed by atoms with Gasteiger partial charge in [-0.1, -0.05) is 47.4 Å². The molecule has 5 N–H and O–H groups in total. The topological polar surface area (TPSA) is 100.0 Å². The average molecular weight is 575 g/mol. The molecule has 0 unspecified atom stereocenters. The zero-order chi connectivity index (χ0) is 24.8. The van der Waals surface area contributed by atoms with Crippen molar-refractivity contribution in [3.8, 4) is 0 Å². The fraction of sp³-hybridized carbons (Fsp3) is 0.385. The lowest BCUT2D eigenvalue weighted by atomic mass is 9.90. The Labute approximate surface area is 216 Å². The molecule has 0 aromatic heterocycles. The van der Waals surface area contributed by atoms with Crippen LogP contribution in [-0.2, 0) is 4.43 Å². The second-order valence-electron chi connectivity index (χ2n) is 8.92. The molecule has 34 heavy (non-hydrogen) atoms. The highest BCUT2D eigenvalue weighted by Gasteiger charge is 2.27. The lowest BCUT2D eigenvalue weighted by Crippen LogP contribution is -2.42. The number of aliphatic imine (C=N–C) groups is 1. The van der Waals surface area contributed by atoms with Gasteiger partial charge in [-0.25, -0.2) is 4.99 Å². The van der Waals surface area contributed by atoms with Crippen LogP contribution in [-0.4, -0.2) is 54.6 Å². The Morgan fingerprint density at radius 1 is 1.18 bits per heavy atom. The highest BCUT2D eigenvalue weighted by Crippen LogP contribution is 2.27. The molecule has 2 aliphatic rings. The van der Waals surface area contributed by atoms with Gasteiger partial charge < -0.3 is 26.6 Å². The Balaban J connectivity index is 1.60. The molecule has 1 aromatic rings. The van der Waals surface area contributed by atoms with Crippen LogP contribution in [0.2, 0.25) is 0 Å². The molecule has 0 saturated heterocycles. The van der Waals surface area contributed by atoms with E-state index in [4.69, 9.17) is 16.5 Å². The highest BCUT2D eigenvalue weighted by atomic mass is 127. The molecule has 0 spiro atoms. The lowest BCUT2D eigenvalue weighted by molar-refractivity contribution is 0.0916. The quantitative estimate of drug-likeness (QED) is 0.260. The minimum Gasteiger partial charge on any atom is -0.398 e. The number of nitrogens with zero attached hydrogens (tertiary/aromatic N) is 3. The number of nitrogens with two attached hydrogens (primary N) is 2. The van der Waals surface area contributed by atoms with E-state index in [0.29, 0.717) is 33.4 Å². The molecule has 0 bridgehead atoms. The Hall–Kier alpha value is -2.75. The summed E-state index contributed by atoms with van der Waals surface area (Å²) in [5.41, 5.74) is 16.3. The van der Waals surface area contributed by atoms with Crippen molar-refractivity contribution in [2.75, 3.05) is 26.9 Å². The third-order valence-electron chi connectivity index (χ3n) is 6.49. The standard InChI is InChI=1S/C26H35IN6O/c1-17(30-24-11-6-5-8-21(24)25(29)32(2)3)33(4)19-14-12-18(13-15-19)31-26(34)20-9-7-10-23(28)22(20)16-27/h5-11,18-19H,1,12-16,28-29H2,2-4H3,(H,31,34)/b25-21+,30-24-/t18-,19+. The van der Waals surface area contributed by atoms with Crippen molar-refractivity contribution in [1.82, 2.24) is 15.1 Å². The van der Waals surface area contributed by atoms with Crippen molar-refractivity contribution in [2.45, 2.75) is 42.2 Å². The predicted octanol–water partition coefficient (Wildman–Crippen LogP) is 3.95. The second kappa shape index (κ2) is 11.6. The van der Waals surface area contributed by atoms with Crippen molar-refractivity contribution in [3.63, 3.8) is 0 Å². The van der Waals surface area contributed by atoms with Crippen molar-refractivity contribution in [3.05, 3.63) is 77.4 Å². The molecule has 0 atom stereocenters. The number of hydrogen-bond acceptors (Lipinski definition) is 6. The van der Waals surface area contributed by atoms with E-state index in [1.54, 1.807) is 0 Å². The molecule has 0 heterocycles. The number of benzene rings is 1. The maximum Gasteiger partial charge on any atom is 0.251 e. The first kappa shape index (κ1) is 25.9. The van der Waals surface area contributed by atoms with Crippen LogP contribution >= 0.6 is 22.6 Å². The van der Waals surface area contributed by atoms with Crippen LogP contribution in [0.5, 0.6) is 0 Å². The van der Waals surface area contributed by atoms with Crippen molar-refractivity contribution < 1.29 is 4.79 Å². The summed E-state index contributed by atoms with van der Waals surface area (Å²) in [6.45, 7) is 4.22. The van der Waals surface area contributed by atoms with Gasteiger partial charge in [0.1, 0.15) is 11.6 Å². The summed E-state index contributed by atoms with van der Waals surface area (Å²) in [7, 11) is 5.87. The van der Waals surface area contributed by atoms with E-state index in [9.17, 15) is 4.79 Å². The number of halogens is 1. The number of anilines is 1. The normalized spacial score (nSPS) is 22.4. The zero-order valence-corrected chi connectivity index (χ0v) is 22.4. The fourth-order valence-electron chi connectivity index (χ4n) is 4.29. The Morgan fingerprint density at radius 3 is 2.50 bits per heavy atom. The van der Waals surface area contributed by atoms with Gasteiger partial charge in [0.15, 0.2) is 0 Å². The number of allylic oxidation sites excluding steroid dienone is 5. The fourth-order valence-corrected chi connectivity index (χ4v) is 5.15. The molecule has 1 amide bonds. The van der Waals surface area contributed by atoms with Crippen molar-refractivity contribution in [1.29, 1.82) is 0 Å². The van der Waals surface area contributed by atoms with Gasteiger partial charge in [0.2, 0.25) is 0 Å². The van der Waals surface area contributed by atoms with Crippen LogP contribution in [0.1, 0.15) is 41.6 Å². The number of hydrogen-bond donors (Lipinski definition) is 3. The molecule has 182 valence electrons. The van der Waals surface area contributed by atoms with Gasteiger partial charge in [-0.05, 0) is 55.5 Å². The van der Waals surface area contributed by atoms with E-state index < -0.39 is 0 Å². The summed E-state index contributed by atoms with van der Waals surface area (Å²) in [6, 6.07) is 6.01. The largest absolute Gasteiger partial charge is 0.398 e. The summed E-state index contributed by atoms with van der Waals surface area (Å²) < 4.78 is 0.706. The van der Waals surface area contributed by atoms with E-state index in [2.05, 4.69) is 39.4 Å². The predicted molar refractivity (Wildman–Crippen MR) is 150 cm³/mol. The number of alkyl halides is 1. The minimum atomic E-state index is -0.0403. The van der Waals surface area contributed by atoms with Crippen LogP contribution in [0.3, 0.4) is 0 Å². The second-order valence-corrected chi connectivity index (χ2v) is 9.68. The maximum atomic E-state index is 12.9. The lowest BCUT2D eigenvalue weighted by Gasteiger charge is -2.36. The van der Waals surface area contributed by atoms with Crippen molar-refractivity contribution in [2.24, 2.45) is 10.7 Å². The van der Waals surface area contributed by atoms with E-state index in [1.807, 2.05) is 68.5 Å².